The zero-order chi connectivity index (χ0) is 14.5. The Bertz CT molecular complexity index is 481. The predicted molar refractivity (Wildman–Crippen MR) is 73.5 cm³/mol. The molecular weight excluding hydrogens is 258 g/mol. The zero-order valence-electron chi connectivity index (χ0n) is 11.6. The lowest BCUT2D eigenvalue weighted by atomic mass is 10.1. The van der Waals surface area contributed by atoms with Crippen molar-refractivity contribution in [2.75, 3.05) is 6.54 Å². The molecule has 1 saturated carbocycles. The van der Waals surface area contributed by atoms with Crippen molar-refractivity contribution in [3.8, 4) is 0 Å². The highest BCUT2D eigenvalue weighted by molar-refractivity contribution is 5.82. The van der Waals surface area contributed by atoms with Crippen molar-refractivity contribution in [2.24, 2.45) is 12.8 Å². The molecule has 1 aromatic rings. The summed E-state index contributed by atoms with van der Waals surface area (Å²) in [6.07, 6.45) is 6.51. The van der Waals surface area contributed by atoms with E-state index in [-0.39, 0.29) is 11.8 Å². The van der Waals surface area contributed by atoms with E-state index in [4.69, 9.17) is 5.73 Å². The van der Waals surface area contributed by atoms with Gasteiger partial charge in [-0.3, -0.25) is 14.3 Å². The Labute approximate surface area is 117 Å². The van der Waals surface area contributed by atoms with Gasteiger partial charge in [0.15, 0.2) is 0 Å². The van der Waals surface area contributed by atoms with Gasteiger partial charge in [0.05, 0.1) is 6.20 Å². The lowest BCUT2D eigenvalue weighted by Crippen LogP contribution is -2.35. The molecule has 1 aromatic heterocycles. The topological polar surface area (TPSA) is 102 Å². The number of nitrogens with one attached hydrogen (secondary N) is 2. The second-order valence-electron chi connectivity index (χ2n) is 5.16. The van der Waals surface area contributed by atoms with Gasteiger partial charge in [-0.2, -0.15) is 5.10 Å². The van der Waals surface area contributed by atoms with Crippen molar-refractivity contribution in [1.82, 2.24) is 20.4 Å². The fourth-order valence-corrected chi connectivity index (χ4v) is 1.85. The van der Waals surface area contributed by atoms with Crippen molar-refractivity contribution in [3.63, 3.8) is 0 Å². The third kappa shape index (κ3) is 4.34. The first-order valence-electron chi connectivity index (χ1n) is 6.87. The van der Waals surface area contributed by atoms with Gasteiger partial charge in [-0.15, -0.1) is 0 Å². The molecule has 0 radical (unpaired) electrons. The average Bonchev–Trinajstić information content (AvgIpc) is 3.12. The Morgan fingerprint density at radius 3 is 2.90 bits per heavy atom. The van der Waals surface area contributed by atoms with Crippen LogP contribution < -0.4 is 16.4 Å². The zero-order valence-corrected chi connectivity index (χ0v) is 11.6. The number of nitrogens with zero attached hydrogens (tertiary/aromatic N) is 2. The molecule has 2 rings (SSSR count). The van der Waals surface area contributed by atoms with Crippen LogP contribution in [0.2, 0.25) is 0 Å². The van der Waals surface area contributed by atoms with Gasteiger partial charge in [0.25, 0.3) is 0 Å². The predicted octanol–water partition coefficient (Wildman–Crippen LogP) is -0.405. The number of amides is 2. The molecule has 0 spiro atoms. The van der Waals surface area contributed by atoms with Crippen molar-refractivity contribution in [2.45, 2.75) is 37.8 Å². The van der Waals surface area contributed by atoms with Crippen LogP contribution in [0.5, 0.6) is 0 Å². The Morgan fingerprint density at radius 1 is 1.55 bits per heavy atom. The minimum atomic E-state index is -0.719. The molecule has 0 aromatic carbocycles. The molecule has 1 fully saturated rings. The van der Waals surface area contributed by atoms with Gasteiger partial charge in [-0.05, 0) is 19.3 Å². The van der Waals surface area contributed by atoms with Gasteiger partial charge >= 0.3 is 0 Å². The number of nitrogens with two attached hydrogens (primary N) is 1. The summed E-state index contributed by atoms with van der Waals surface area (Å²) in [6, 6.07) is -0.333. The van der Waals surface area contributed by atoms with Crippen LogP contribution in [0.3, 0.4) is 0 Å². The van der Waals surface area contributed by atoms with Gasteiger partial charge in [0.1, 0.15) is 6.04 Å². The van der Waals surface area contributed by atoms with Crippen LogP contribution in [0.25, 0.3) is 0 Å². The lowest BCUT2D eigenvalue weighted by Gasteiger charge is -2.10. The molecule has 0 bridgehead atoms. The lowest BCUT2D eigenvalue weighted by molar-refractivity contribution is -0.123. The van der Waals surface area contributed by atoms with Crippen molar-refractivity contribution >= 4 is 11.8 Å². The first kappa shape index (κ1) is 14.5. The van der Waals surface area contributed by atoms with Crippen LogP contribution in [0.1, 0.15) is 37.3 Å². The van der Waals surface area contributed by atoms with E-state index in [0.29, 0.717) is 31.0 Å². The average molecular weight is 279 g/mol. The molecule has 7 nitrogen and oxygen atoms in total. The van der Waals surface area contributed by atoms with E-state index in [9.17, 15) is 9.59 Å². The van der Waals surface area contributed by atoms with E-state index in [0.717, 1.165) is 12.8 Å². The minimum Gasteiger partial charge on any atom is -0.354 e. The van der Waals surface area contributed by atoms with E-state index in [1.165, 1.54) is 0 Å². The van der Waals surface area contributed by atoms with Crippen LogP contribution in [-0.2, 0) is 16.6 Å². The third-order valence-corrected chi connectivity index (χ3v) is 3.19. The normalized spacial score (nSPS) is 15.7. The number of carbonyl (C=O) groups is 2. The maximum atomic E-state index is 11.8. The molecule has 1 heterocycles. The summed E-state index contributed by atoms with van der Waals surface area (Å²) in [5, 5.41) is 9.62. The van der Waals surface area contributed by atoms with Crippen LogP contribution >= 0.6 is 0 Å². The van der Waals surface area contributed by atoms with Crippen LogP contribution in [-0.4, -0.2) is 34.2 Å². The molecule has 2 amide bonds. The number of rotatable bonds is 7. The standard InChI is InChI=1S/C13H21N5O2/c1-18-8-9(7-16-18)12(14)13(20)15-6-2-3-11(19)17-10-4-5-10/h7-8,10,12H,2-6,14H2,1H3,(H,15,20)(H,17,19). The number of aryl methyl sites for hydroxylation is 1. The highest BCUT2D eigenvalue weighted by atomic mass is 16.2. The summed E-state index contributed by atoms with van der Waals surface area (Å²) in [5.74, 6) is -0.195. The molecule has 1 aliphatic rings. The Balaban J connectivity index is 1.63. The summed E-state index contributed by atoms with van der Waals surface area (Å²) >= 11 is 0. The maximum Gasteiger partial charge on any atom is 0.241 e. The van der Waals surface area contributed by atoms with Crippen molar-refractivity contribution < 1.29 is 9.59 Å². The number of aromatic nitrogens is 2. The number of hydrogen-bond acceptors (Lipinski definition) is 4. The Kier molecular flexibility index (Phi) is 4.73. The molecule has 20 heavy (non-hydrogen) atoms. The van der Waals surface area contributed by atoms with Crippen LogP contribution in [0.15, 0.2) is 12.4 Å². The number of carbonyl (C=O) groups excluding carboxylic acids is 2. The van der Waals surface area contributed by atoms with E-state index >= 15 is 0 Å². The summed E-state index contributed by atoms with van der Waals surface area (Å²) in [5.41, 5.74) is 6.50. The maximum absolute atomic E-state index is 11.8. The third-order valence-electron chi connectivity index (χ3n) is 3.19. The van der Waals surface area contributed by atoms with Crippen molar-refractivity contribution in [1.29, 1.82) is 0 Å². The van der Waals surface area contributed by atoms with Crippen LogP contribution in [0, 0.1) is 0 Å². The van der Waals surface area contributed by atoms with E-state index < -0.39 is 6.04 Å². The molecule has 1 atom stereocenters. The van der Waals surface area contributed by atoms with Crippen molar-refractivity contribution in [3.05, 3.63) is 18.0 Å². The van der Waals surface area contributed by atoms with Crippen LogP contribution in [0.4, 0.5) is 0 Å². The second kappa shape index (κ2) is 6.51. The summed E-state index contributed by atoms with van der Waals surface area (Å²) < 4.78 is 1.60. The van der Waals surface area contributed by atoms with E-state index in [2.05, 4.69) is 15.7 Å². The Morgan fingerprint density at radius 2 is 2.30 bits per heavy atom. The first-order chi connectivity index (χ1) is 9.56. The smallest absolute Gasteiger partial charge is 0.241 e. The van der Waals surface area contributed by atoms with Gasteiger partial charge in [-0.1, -0.05) is 0 Å². The van der Waals surface area contributed by atoms with Gasteiger partial charge in [0, 0.05) is 37.8 Å². The molecule has 0 aliphatic heterocycles. The highest BCUT2D eigenvalue weighted by Gasteiger charge is 2.22. The monoisotopic (exact) mass is 279 g/mol. The molecule has 7 heteroatoms. The van der Waals surface area contributed by atoms with E-state index in [1.54, 1.807) is 24.1 Å². The molecule has 110 valence electrons. The summed E-state index contributed by atoms with van der Waals surface area (Å²) in [4.78, 5) is 23.2. The molecule has 1 unspecified atom stereocenters. The van der Waals surface area contributed by atoms with Gasteiger partial charge < -0.3 is 16.4 Å². The fourth-order valence-electron chi connectivity index (χ4n) is 1.85. The SMILES string of the molecule is Cn1cc(C(N)C(=O)NCCCC(=O)NC2CC2)cn1. The fraction of sp³-hybridized carbons (Fsp3) is 0.615. The number of hydrogen-bond donors (Lipinski definition) is 3. The second-order valence-corrected chi connectivity index (χ2v) is 5.16. The molecule has 0 saturated heterocycles. The van der Waals surface area contributed by atoms with Gasteiger partial charge in [-0.25, -0.2) is 0 Å². The summed E-state index contributed by atoms with van der Waals surface area (Å²) in [6.45, 7) is 0.449. The molecule has 4 N–H and O–H groups in total. The Hall–Kier alpha value is -1.89. The molecular formula is C13H21N5O2. The van der Waals surface area contributed by atoms with E-state index in [1.807, 2.05) is 0 Å². The molecule has 1 aliphatic carbocycles. The minimum absolute atomic E-state index is 0.0540. The quantitative estimate of drug-likeness (QED) is 0.591. The highest BCUT2D eigenvalue weighted by Crippen LogP contribution is 2.18. The first-order valence-corrected chi connectivity index (χ1v) is 6.87. The summed E-state index contributed by atoms with van der Waals surface area (Å²) in [7, 11) is 1.77. The largest absolute Gasteiger partial charge is 0.354 e. The van der Waals surface area contributed by atoms with Gasteiger partial charge in [0.2, 0.25) is 11.8 Å².